The maximum Gasteiger partial charge on any atom is 0.269 e. The summed E-state index contributed by atoms with van der Waals surface area (Å²) in [6.07, 6.45) is 8.56. The minimum Gasteiger partial charge on any atom is -0.347 e. The highest BCUT2D eigenvalue weighted by Gasteiger charge is 2.27. The second-order valence-corrected chi connectivity index (χ2v) is 7.26. The van der Waals surface area contributed by atoms with Gasteiger partial charge in [-0.3, -0.25) is 10.1 Å². The second kappa shape index (κ2) is 7.46. The van der Waals surface area contributed by atoms with Gasteiger partial charge < -0.3 is 5.32 Å². The third-order valence-corrected chi connectivity index (χ3v) is 5.28. The molecule has 0 radical (unpaired) electrons. The molecule has 5 nitrogen and oxygen atoms in total. The summed E-state index contributed by atoms with van der Waals surface area (Å²) in [5.74, 6) is -0.0519. The van der Waals surface area contributed by atoms with E-state index in [4.69, 9.17) is 5.10 Å². The first-order valence-electron chi connectivity index (χ1n) is 9.57. The van der Waals surface area contributed by atoms with E-state index in [2.05, 4.69) is 47.9 Å². The SMILES string of the molecule is Cc1ccc(-c2cc3n(n2)C(NCCC2=CCCCC2)CNC3=O)cc1. The van der Waals surface area contributed by atoms with Gasteiger partial charge in [-0.1, -0.05) is 41.5 Å². The van der Waals surface area contributed by atoms with Gasteiger partial charge in [0.15, 0.2) is 0 Å². The number of carbonyl (C=O) groups excluding carboxylic acids is 1. The van der Waals surface area contributed by atoms with Gasteiger partial charge in [-0.25, -0.2) is 4.68 Å². The van der Waals surface area contributed by atoms with Crippen LogP contribution >= 0.6 is 0 Å². The van der Waals surface area contributed by atoms with Crippen LogP contribution in [0, 0.1) is 6.92 Å². The zero-order chi connectivity index (χ0) is 17.9. The van der Waals surface area contributed by atoms with Crippen LogP contribution in [-0.2, 0) is 0 Å². The van der Waals surface area contributed by atoms with Crippen LogP contribution in [0.15, 0.2) is 42.0 Å². The number of hydrogen-bond acceptors (Lipinski definition) is 3. The summed E-state index contributed by atoms with van der Waals surface area (Å²) >= 11 is 0. The smallest absolute Gasteiger partial charge is 0.269 e. The fourth-order valence-electron chi connectivity index (χ4n) is 3.72. The van der Waals surface area contributed by atoms with E-state index < -0.39 is 0 Å². The van der Waals surface area contributed by atoms with Gasteiger partial charge in [0.1, 0.15) is 11.9 Å². The molecule has 1 aliphatic carbocycles. The number of nitrogens with zero attached hydrogens (tertiary/aromatic N) is 2. The van der Waals surface area contributed by atoms with Crippen molar-refractivity contribution in [3.63, 3.8) is 0 Å². The number of carbonyl (C=O) groups is 1. The molecule has 4 rings (SSSR count). The van der Waals surface area contributed by atoms with Gasteiger partial charge in [-0.2, -0.15) is 5.10 Å². The molecule has 0 fully saturated rings. The summed E-state index contributed by atoms with van der Waals surface area (Å²) in [5, 5.41) is 11.3. The number of fused-ring (bicyclic) bond motifs is 1. The fourth-order valence-corrected chi connectivity index (χ4v) is 3.72. The monoisotopic (exact) mass is 350 g/mol. The minimum absolute atomic E-state index is 0.00564. The highest BCUT2D eigenvalue weighted by atomic mass is 16.2. The highest BCUT2D eigenvalue weighted by molar-refractivity contribution is 5.94. The van der Waals surface area contributed by atoms with E-state index in [9.17, 15) is 4.79 Å². The van der Waals surface area contributed by atoms with Crippen molar-refractivity contribution in [3.05, 3.63) is 53.2 Å². The first kappa shape index (κ1) is 17.0. The summed E-state index contributed by atoms with van der Waals surface area (Å²) < 4.78 is 1.85. The maximum atomic E-state index is 12.2. The first-order chi connectivity index (χ1) is 12.7. The Morgan fingerprint density at radius 2 is 2.12 bits per heavy atom. The Kier molecular flexibility index (Phi) is 4.89. The molecule has 2 aromatic rings. The third-order valence-electron chi connectivity index (χ3n) is 5.28. The molecule has 1 unspecified atom stereocenters. The maximum absolute atomic E-state index is 12.2. The Morgan fingerprint density at radius 1 is 1.27 bits per heavy atom. The number of aryl methyl sites for hydroxylation is 1. The number of rotatable bonds is 5. The van der Waals surface area contributed by atoms with Gasteiger partial charge in [0, 0.05) is 12.1 Å². The van der Waals surface area contributed by atoms with E-state index in [1.165, 1.54) is 31.2 Å². The zero-order valence-electron chi connectivity index (χ0n) is 15.3. The van der Waals surface area contributed by atoms with E-state index in [1.807, 2.05) is 10.7 Å². The lowest BCUT2D eigenvalue weighted by molar-refractivity contribution is 0.0900. The molecule has 1 aromatic heterocycles. The van der Waals surface area contributed by atoms with Crippen LogP contribution in [-0.4, -0.2) is 28.8 Å². The summed E-state index contributed by atoms with van der Waals surface area (Å²) in [4.78, 5) is 12.2. The average Bonchev–Trinajstić information content (AvgIpc) is 3.11. The predicted molar refractivity (Wildman–Crippen MR) is 103 cm³/mol. The first-order valence-corrected chi connectivity index (χ1v) is 9.57. The lowest BCUT2D eigenvalue weighted by Gasteiger charge is -2.26. The molecular weight excluding hydrogens is 324 g/mol. The Bertz CT molecular complexity index is 819. The number of benzene rings is 1. The van der Waals surface area contributed by atoms with Crippen molar-refractivity contribution in [1.29, 1.82) is 0 Å². The Hall–Kier alpha value is -2.40. The van der Waals surface area contributed by atoms with Crippen LogP contribution in [0.25, 0.3) is 11.3 Å². The Labute approximate surface area is 154 Å². The molecule has 2 N–H and O–H groups in total. The van der Waals surface area contributed by atoms with E-state index >= 15 is 0 Å². The Morgan fingerprint density at radius 3 is 2.88 bits per heavy atom. The van der Waals surface area contributed by atoms with Crippen molar-refractivity contribution in [2.24, 2.45) is 0 Å². The summed E-state index contributed by atoms with van der Waals surface area (Å²) in [5.41, 5.74) is 5.29. The number of nitrogens with one attached hydrogen (secondary N) is 2. The van der Waals surface area contributed by atoms with Gasteiger partial charge in [0.25, 0.3) is 5.91 Å². The lowest BCUT2D eigenvalue weighted by atomic mass is 9.97. The van der Waals surface area contributed by atoms with Gasteiger partial charge in [-0.15, -0.1) is 0 Å². The second-order valence-electron chi connectivity index (χ2n) is 7.26. The molecule has 1 aromatic carbocycles. The number of amides is 1. The molecule has 1 aliphatic heterocycles. The average molecular weight is 350 g/mol. The van der Waals surface area contributed by atoms with Gasteiger partial charge in [0.05, 0.1) is 12.2 Å². The number of allylic oxidation sites excluding steroid dienone is 1. The predicted octanol–water partition coefficient (Wildman–Crippen LogP) is 3.58. The van der Waals surface area contributed by atoms with Crippen LogP contribution in [0.1, 0.15) is 54.3 Å². The molecule has 136 valence electrons. The molecule has 1 amide bonds. The van der Waals surface area contributed by atoms with E-state index in [1.54, 1.807) is 5.57 Å². The summed E-state index contributed by atoms with van der Waals surface area (Å²) in [6, 6.07) is 10.1. The van der Waals surface area contributed by atoms with Crippen molar-refractivity contribution in [3.8, 4) is 11.3 Å². The standard InChI is InChI=1S/C21H26N4O/c1-15-7-9-17(10-8-15)18-13-19-21(26)23-14-20(25(19)24-18)22-12-11-16-5-3-2-4-6-16/h5,7-10,13,20,22H,2-4,6,11-12,14H2,1H3,(H,23,26). The zero-order valence-corrected chi connectivity index (χ0v) is 15.3. The molecule has 2 heterocycles. The highest BCUT2D eigenvalue weighted by Crippen LogP contribution is 2.24. The van der Waals surface area contributed by atoms with Crippen molar-refractivity contribution in [2.75, 3.05) is 13.1 Å². The van der Waals surface area contributed by atoms with Crippen LogP contribution in [0.4, 0.5) is 0 Å². The van der Waals surface area contributed by atoms with Crippen LogP contribution in [0.5, 0.6) is 0 Å². The lowest BCUT2D eigenvalue weighted by Crippen LogP contribution is -2.45. The molecule has 5 heteroatoms. The third kappa shape index (κ3) is 3.58. The topological polar surface area (TPSA) is 59.0 Å². The molecule has 26 heavy (non-hydrogen) atoms. The molecule has 1 atom stereocenters. The van der Waals surface area contributed by atoms with Crippen molar-refractivity contribution >= 4 is 5.91 Å². The minimum atomic E-state index is -0.0519. The molecule has 0 saturated heterocycles. The fraction of sp³-hybridized carbons (Fsp3) is 0.429. The van der Waals surface area contributed by atoms with E-state index in [0.717, 1.165) is 24.2 Å². The molecule has 0 spiro atoms. The van der Waals surface area contributed by atoms with Gasteiger partial charge >= 0.3 is 0 Å². The van der Waals surface area contributed by atoms with Crippen LogP contribution in [0.2, 0.25) is 0 Å². The Balaban J connectivity index is 1.49. The number of hydrogen-bond donors (Lipinski definition) is 2. The normalized spacial score (nSPS) is 19.7. The van der Waals surface area contributed by atoms with E-state index in [0.29, 0.717) is 12.2 Å². The van der Waals surface area contributed by atoms with Crippen molar-refractivity contribution in [2.45, 2.75) is 45.2 Å². The molecule has 0 bridgehead atoms. The van der Waals surface area contributed by atoms with E-state index in [-0.39, 0.29) is 12.1 Å². The van der Waals surface area contributed by atoms with Crippen molar-refractivity contribution in [1.82, 2.24) is 20.4 Å². The van der Waals surface area contributed by atoms with Gasteiger partial charge in [0.2, 0.25) is 0 Å². The van der Waals surface area contributed by atoms with Gasteiger partial charge in [-0.05, 0) is 45.1 Å². The molecular formula is C21H26N4O. The van der Waals surface area contributed by atoms with Crippen molar-refractivity contribution < 1.29 is 4.79 Å². The van der Waals surface area contributed by atoms with Crippen LogP contribution in [0.3, 0.4) is 0 Å². The summed E-state index contributed by atoms with van der Waals surface area (Å²) in [7, 11) is 0. The molecule has 2 aliphatic rings. The number of aromatic nitrogens is 2. The largest absolute Gasteiger partial charge is 0.347 e. The summed E-state index contributed by atoms with van der Waals surface area (Å²) in [6.45, 7) is 3.54. The molecule has 0 saturated carbocycles. The van der Waals surface area contributed by atoms with Crippen LogP contribution < -0.4 is 10.6 Å². The quantitative estimate of drug-likeness (QED) is 0.811.